The van der Waals surface area contributed by atoms with Crippen LogP contribution in [-0.4, -0.2) is 49.8 Å². The van der Waals surface area contributed by atoms with Gasteiger partial charge in [0, 0.05) is 37.9 Å². The zero-order valence-corrected chi connectivity index (χ0v) is 15.5. The Balaban J connectivity index is 2.64. The maximum atomic E-state index is 5.62. The summed E-state index contributed by atoms with van der Waals surface area (Å²) in [5.74, 6) is 0.765. The maximum absolute atomic E-state index is 5.62. The topological polar surface area (TPSA) is 24.5 Å². The Labute approximate surface area is 132 Å². The van der Waals surface area contributed by atoms with E-state index in [1.807, 2.05) is 0 Å². The van der Waals surface area contributed by atoms with Crippen LogP contribution in [0.25, 0.3) is 0 Å². The van der Waals surface area contributed by atoms with Gasteiger partial charge in [-0.25, -0.2) is 0 Å². The smallest absolute Gasteiger partial charge is 0.0472 e. The first kappa shape index (κ1) is 18.9. The highest BCUT2D eigenvalue weighted by atomic mass is 16.5. The van der Waals surface area contributed by atoms with Crippen LogP contribution < -0.4 is 5.32 Å². The number of rotatable bonds is 7. The Morgan fingerprint density at radius 3 is 2.19 bits per heavy atom. The van der Waals surface area contributed by atoms with Crippen molar-refractivity contribution in [3.63, 3.8) is 0 Å². The summed E-state index contributed by atoms with van der Waals surface area (Å²) < 4.78 is 5.62. The van der Waals surface area contributed by atoms with Crippen LogP contribution in [0.1, 0.15) is 60.8 Å². The van der Waals surface area contributed by atoms with Crippen LogP contribution in [0.3, 0.4) is 0 Å². The van der Waals surface area contributed by atoms with Gasteiger partial charge in [-0.15, -0.1) is 0 Å². The standard InChI is InChI=1S/C18H38N2O/c1-15(2)12-16(3)20(7)14-18(8-10-21-11-9-18)13-19-17(4,5)6/h15-16,19H,8-14H2,1-7H3. The minimum absolute atomic E-state index is 0.188. The predicted octanol–water partition coefficient (Wildman–Crippen LogP) is 3.54. The Kier molecular flexibility index (Phi) is 7.15. The van der Waals surface area contributed by atoms with E-state index in [1.54, 1.807) is 0 Å². The lowest BCUT2D eigenvalue weighted by Crippen LogP contribution is -2.51. The average molecular weight is 299 g/mol. The summed E-state index contributed by atoms with van der Waals surface area (Å²) in [4.78, 5) is 2.57. The molecule has 1 saturated heterocycles. The molecule has 0 aromatic heterocycles. The zero-order chi connectivity index (χ0) is 16.1. The van der Waals surface area contributed by atoms with E-state index in [2.05, 4.69) is 58.8 Å². The van der Waals surface area contributed by atoms with E-state index in [4.69, 9.17) is 4.74 Å². The average Bonchev–Trinajstić information content (AvgIpc) is 2.36. The van der Waals surface area contributed by atoms with Gasteiger partial charge in [0.05, 0.1) is 0 Å². The largest absolute Gasteiger partial charge is 0.381 e. The van der Waals surface area contributed by atoms with Gasteiger partial charge in [-0.1, -0.05) is 13.8 Å². The van der Waals surface area contributed by atoms with Crippen molar-refractivity contribution < 1.29 is 4.74 Å². The number of hydrogen-bond donors (Lipinski definition) is 1. The van der Waals surface area contributed by atoms with E-state index >= 15 is 0 Å². The Hall–Kier alpha value is -0.120. The van der Waals surface area contributed by atoms with Crippen LogP contribution in [0, 0.1) is 11.3 Å². The fourth-order valence-electron chi connectivity index (χ4n) is 3.19. The third-order valence-corrected chi connectivity index (χ3v) is 4.70. The summed E-state index contributed by atoms with van der Waals surface area (Å²) in [5.41, 5.74) is 0.555. The van der Waals surface area contributed by atoms with E-state index in [9.17, 15) is 0 Å². The van der Waals surface area contributed by atoms with Crippen LogP contribution in [-0.2, 0) is 4.74 Å². The van der Waals surface area contributed by atoms with Crippen molar-refractivity contribution in [1.82, 2.24) is 10.2 Å². The van der Waals surface area contributed by atoms with Crippen molar-refractivity contribution in [2.45, 2.75) is 72.4 Å². The molecule has 0 spiro atoms. The van der Waals surface area contributed by atoms with Gasteiger partial charge in [0.2, 0.25) is 0 Å². The molecular formula is C18H38N2O. The molecule has 1 unspecified atom stereocenters. The van der Waals surface area contributed by atoms with E-state index in [1.165, 1.54) is 25.8 Å². The van der Waals surface area contributed by atoms with Gasteiger partial charge < -0.3 is 15.0 Å². The van der Waals surface area contributed by atoms with Crippen molar-refractivity contribution in [2.75, 3.05) is 33.4 Å². The summed E-state index contributed by atoms with van der Waals surface area (Å²) >= 11 is 0. The minimum Gasteiger partial charge on any atom is -0.381 e. The van der Waals surface area contributed by atoms with Gasteiger partial charge in [-0.05, 0) is 65.3 Å². The van der Waals surface area contributed by atoms with Gasteiger partial charge >= 0.3 is 0 Å². The summed E-state index contributed by atoms with van der Waals surface area (Å²) in [6.45, 7) is 17.9. The van der Waals surface area contributed by atoms with E-state index in [-0.39, 0.29) is 5.54 Å². The monoisotopic (exact) mass is 298 g/mol. The molecule has 0 radical (unpaired) electrons. The molecule has 1 aliphatic rings. The van der Waals surface area contributed by atoms with Crippen molar-refractivity contribution >= 4 is 0 Å². The molecular weight excluding hydrogens is 260 g/mol. The van der Waals surface area contributed by atoms with Crippen LogP contribution in [0.15, 0.2) is 0 Å². The normalized spacial score (nSPS) is 21.0. The molecule has 1 rings (SSSR count). The molecule has 1 aliphatic heterocycles. The number of hydrogen-bond acceptors (Lipinski definition) is 3. The van der Waals surface area contributed by atoms with Crippen molar-refractivity contribution in [1.29, 1.82) is 0 Å². The highest BCUT2D eigenvalue weighted by Crippen LogP contribution is 2.32. The van der Waals surface area contributed by atoms with Crippen LogP contribution in [0.5, 0.6) is 0 Å². The second kappa shape index (κ2) is 7.94. The first-order valence-corrected chi connectivity index (χ1v) is 8.67. The first-order valence-electron chi connectivity index (χ1n) is 8.67. The molecule has 1 heterocycles. The quantitative estimate of drug-likeness (QED) is 0.778. The number of ether oxygens (including phenoxy) is 1. The van der Waals surface area contributed by atoms with Crippen LogP contribution >= 0.6 is 0 Å². The minimum atomic E-state index is 0.188. The lowest BCUT2D eigenvalue weighted by Gasteiger charge is -2.43. The summed E-state index contributed by atoms with van der Waals surface area (Å²) in [5, 5.41) is 3.74. The predicted molar refractivity (Wildman–Crippen MR) is 91.8 cm³/mol. The van der Waals surface area contributed by atoms with Crippen LogP contribution in [0.4, 0.5) is 0 Å². The molecule has 0 saturated carbocycles. The highest BCUT2D eigenvalue weighted by Gasteiger charge is 2.35. The van der Waals surface area contributed by atoms with Gasteiger partial charge in [-0.3, -0.25) is 0 Å². The molecule has 0 aromatic carbocycles. The molecule has 0 aliphatic carbocycles. The first-order chi connectivity index (χ1) is 9.64. The van der Waals surface area contributed by atoms with Crippen molar-refractivity contribution in [2.24, 2.45) is 11.3 Å². The Morgan fingerprint density at radius 2 is 1.71 bits per heavy atom. The molecule has 3 nitrogen and oxygen atoms in total. The lowest BCUT2D eigenvalue weighted by molar-refractivity contribution is -0.00946. The van der Waals surface area contributed by atoms with Crippen LogP contribution in [0.2, 0.25) is 0 Å². The molecule has 21 heavy (non-hydrogen) atoms. The second-order valence-electron chi connectivity index (χ2n) is 8.61. The molecule has 0 aromatic rings. The van der Waals surface area contributed by atoms with E-state index < -0.39 is 0 Å². The zero-order valence-electron chi connectivity index (χ0n) is 15.5. The molecule has 1 atom stereocenters. The SMILES string of the molecule is CC(C)CC(C)N(C)CC1(CNC(C)(C)C)CCOCC1. The van der Waals surface area contributed by atoms with Crippen molar-refractivity contribution in [3.05, 3.63) is 0 Å². The summed E-state index contributed by atoms with van der Waals surface area (Å²) in [7, 11) is 2.29. The fraction of sp³-hybridized carbons (Fsp3) is 1.00. The van der Waals surface area contributed by atoms with E-state index in [0.717, 1.165) is 25.7 Å². The lowest BCUT2D eigenvalue weighted by atomic mass is 9.78. The number of nitrogens with zero attached hydrogens (tertiary/aromatic N) is 1. The Morgan fingerprint density at radius 1 is 1.14 bits per heavy atom. The third kappa shape index (κ3) is 7.12. The highest BCUT2D eigenvalue weighted by molar-refractivity contribution is 4.89. The molecule has 0 bridgehead atoms. The number of nitrogens with one attached hydrogen (secondary N) is 1. The van der Waals surface area contributed by atoms with Crippen molar-refractivity contribution in [3.8, 4) is 0 Å². The molecule has 1 N–H and O–H groups in total. The summed E-state index contributed by atoms with van der Waals surface area (Å²) in [6.07, 6.45) is 3.62. The molecule has 3 heteroatoms. The van der Waals surface area contributed by atoms with Gasteiger partial charge in [-0.2, -0.15) is 0 Å². The third-order valence-electron chi connectivity index (χ3n) is 4.70. The summed E-state index contributed by atoms with van der Waals surface area (Å²) in [6, 6.07) is 0.652. The molecule has 126 valence electrons. The fourth-order valence-corrected chi connectivity index (χ4v) is 3.19. The maximum Gasteiger partial charge on any atom is 0.0472 e. The second-order valence-corrected chi connectivity index (χ2v) is 8.61. The van der Waals surface area contributed by atoms with Gasteiger partial charge in [0.15, 0.2) is 0 Å². The van der Waals surface area contributed by atoms with E-state index in [0.29, 0.717) is 11.5 Å². The van der Waals surface area contributed by atoms with Gasteiger partial charge in [0.1, 0.15) is 0 Å². The molecule has 0 amide bonds. The van der Waals surface area contributed by atoms with Gasteiger partial charge in [0.25, 0.3) is 0 Å². The molecule has 1 fully saturated rings. The Bertz CT molecular complexity index is 290.